The van der Waals surface area contributed by atoms with Gasteiger partial charge in [-0.05, 0) is 36.1 Å². The van der Waals surface area contributed by atoms with Crippen molar-refractivity contribution < 1.29 is 4.79 Å². The Bertz CT molecular complexity index is 460. The Morgan fingerprint density at radius 2 is 2.00 bits per heavy atom. The van der Waals surface area contributed by atoms with Crippen LogP contribution in [0.25, 0.3) is 0 Å². The average Bonchev–Trinajstić information content (AvgIpc) is 2.59. The lowest BCUT2D eigenvalue weighted by molar-refractivity contribution is 0.104. The maximum absolute atomic E-state index is 12.0. The number of rotatable bonds is 2. The van der Waals surface area contributed by atoms with Crippen molar-refractivity contribution in [3.05, 3.63) is 46.6 Å². The van der Waals surface area contributed by atoms with E-state index in [0.717, 1.165) is 18.7 Å². The summed E-state index contributed by atoms with van der Waals surface area (Å²) in [5, 5.41) is 3.92. The van der Waals surface area contributed by atoms with Crippen LogP contribution in [0.1, 0.15) is 30.6 Å². The molecule has 17 heavy (non-hydrogen) atoms. The van der Waals surface area contributed by atoms with Crippen LogP contribution in [0.3, 0.4) is 0 Å². The summed E-state index contributed by atoms with van der Waals surface area (Å²) in [4.78, 5) is 12.0. The second-order valence-corrected chi connectivity index (χ2v) is 5.67. The van der Waals surface area contributed by atoms with Crippen molar-refractivity contribution in [2.75, 3.05) is 6.54 Å². The third-order valence-corrected chi connectivity index (χ3v) is 3.15. The van der Waals surface area contributed by atoms with E-state index in [4.69, 9.17) is 11.6 Å². The van der Waals surface area contributed by atoms with Crippen molar-refractivity contribution in [2.45, 2.75) is 20.3 Å². The van der Waals surface area contributed by atoms with Gasteiger partial charge in [-0.2, -0.15) is 0 Å². The van der Waals surface area contributed by atoms with Gasteiger partial charge in [-0.15, -0.1) is 0 Å². The molecular weight excluding hydrogens is 234 g/mol. The molecule has 2 rings (SSSR count). The summed E-state index contributed by atoms with van der Waals surface area (Å²) in [6, 6.07) is 6.97. The third-order valence-electron chi connectivity index (χ3n) is 2.90. The molecule has 0 radical (unpaired) electrons. The highest BCUT2D eigenvalue weighted by atomic mass is 35.5. The summed E-state index contributed by atoms with van der Waals surface area (Å²) in [6.45, 7) is 5.30. The summed E-state index contributed by atoms with van der Waals surface area (Å²) < 4.78 is 0. The van der Waals surface area contributed by atoms with E-state index in [1.165, 1.54) is 0 Å². The molecule has 0 saturated carbocycles. The molecule has 1 aromatic carbocycles. The number of hydrogen-bond acceptors (Lipinski definition) is 2. The van der Waals surface area contributed by atoms with E-state index in [1.54, 1.807) is 30.3 Å². The number of carbonyl (C=O) groups excluding carboxylic acids is 1. The Morgan fingerprint density at radius 1 is 1.35 bits per heavy atom. The number of carbonyl (C=O) groups is 1. The van der Waals surface area contributed by atoms with Crippen LogP contribution in [0.15, 0.2) is 36.0 Å². The molecule has 0 unspecified atom stereocenters. The van der Waals surface area contributed by atoms with Crippen LogP contribution in [-0.4, -0.2) is 12.3 Å². The standard InChI is InChI=1S/C14H16ClNO/c1-14(2)8-12(16-9-14)7-13(17)10-3-5-11(15)6-4-10/h3-7,16H,8-9H2,1-2H3/b12-7-. The van der Waals surface area contributed by atoms with Gasteiger partial charge in [0.1, 0.15) is 0 Å². The molecule has 1 N–H and O–H groups in total. The molecule has 0 amide bonds. The van der Waals surface area contributed by atoms with E-state index < -0.39 is 0 Å². The SMILES string of the molecule is CC1(C)CN/C(=C\C(=O)c2ccc(Cl)cc2)C1. The molecule has 0 bridgehead atoms. The predicted molar refractivity (Wildman–Crippen MR) is 70.3 cm³/mol. The Labute approximate surface area is 107 Å². The van der Waals surface area contributed by atoms with Gasteiger partial charge in [0.15, 0.2) is 5.78 Å². The summed E-state index contributed by atoms with van der Waals surface area (Å²) in [5.74, 6) is 0.0295. The summed E-state index contributed by atoms with van der Waals surface area (Å²) >= 11 is 5.78. The highest BCUT2D eigenvalue weighted by molar-refractivity contribution is 6.30. The molecule has 1 saturated heterocycles. The predicted octanol–water partition coefficient (Wildman–Crippen LogP) is 3.43. The first-order chi connectivity index (χ1) is 7.96. The quantitative estimate of drug-likeness (QED) is 0.643. The van der Waals surface area contributed by atoms with Crippen LogP contribution >= 0.6 is 11.6 Å². The zero-order valence-electron chi connectivity index (χ0n) is 10.1. The fraction of sp³-hybridized carbons (Fsp3) is 0.357. The van der Waals surface area contributed by atoms with Gasteiger partial charge in [0.05, 0.1) is 0 Å². The fourth-order valence-corrected chi connectivity index (χ4v) is 2.08. The van der Waals surface area contributed by atoms with Crippen LogP contribution in [0.4, 0.5) is 0 Å². The molecule has 0 spiro atoms. The maximum Gasteiger partial charge on any atom is 0.187 e. The van der Waals surface area contributed by atoms with E-state index in [0.29, 0.717) is 10.6 Å². The Balaban J connectivity index is 2.12. The normalized spacial score (nSPS) is 20.3. The number of nitrogens with one attached hydrogen (secondary N) is 1. The first kappa shape index (κ1) is 12.2. The molecule has 0 aromatic heterocycles. The van der Waals surface area contributed by atoms with Crippen molar-refractivity contribution in [3.63, 3.8) is 0 Å². The highest BCUT2D eigenvalue weighted by Crippen LogP contribution is 2.29. The lowest BCUT2D eigenvalue weighted by Crippen LogP contribution is -2.15. The number of halogens is 1. The van der Waals surface area contributed by atoms with Gasteiger partial charge in [0, 0.05) is 28.9 Å². The lowest BCUT2D eigenvalue weighted by Gasteiger charge is -2.12. The van der Waals surface area contributed by atoms with Crippen LogP contribution in [0, 0.1) is 5.41 Å². The minimum Gasteiger partial charge on any atom is -0.388 e. The van der Waals surface area contributed by atoms with Crippen molar-refractivity contribution in [1.82, 2.24) is 5.32 Å². The molecule has 1 aliphatic rings. The van der Waals surface area contributed by atoms with E-state index in [9.17, 15) is 4.79 Å². The van der Waals surface area contributed by atoms with Crippen LogP contribution < -0.4 is 5.32 Å². The van der Waals surface area contributed by atoms with E-state index in [1.807, 2.05) is 0 Å². The van der Waals surface area contributed by atoms with Crippen molar-refractivity contribution in [3.8, 4) is 0 Å². The number of benzene rings is 1. The average molecular weight is 250 g/mol. The van der Waals surface area contributed by atoms with Gasteiger partial charge in [-0.1, -0.05) is 25.4 Å². The zero-order valence-corrected chi connectivity index (χ0v) is 10.8. The Kier molecular flexibility index (Phi) is 3.25. The zero-order chi connectivity index (χ0) is 12.5. The molecule has 0 atom stereocenters. The monoisotopic (exact) mass is 249 g/mol. The largest absolute Gasteiger partial charge is 0.388 e. The van der Waals surface area contributed by atoms with Gasteiger partial charge in [-0.3, -0.25) is 4.79 Å². The minimum atomic E-state index is 0.0295. The second-order valence-electron chi connectivity index (χ2n) is 5.24. The van der Waals surface area contributed by atoms with Gasteiger partial charge in [0.2, 0.25) is 0 Å². The smallest absolute Gasteiger partial charge is 0.187 e. The van der Waals surface area contributed by atoms with Crippen molar-refractivity contribution in [2.24, 2.45) is 5.41 Å². The van der Waals surface area contributed by atoms with E-state index in [-0.39, 0.29) is 11.2 Å². The third kappa shape index (κ3) is 3.10. The minimum absolute atomic E-state index is 0.0295. The summed E-state index contributed by atoms with van der Waals surface area (Å²) in [7, 11) is 0. The molecule has 1 aliphatic heterocycles. The van der Waals surface area contributed by atoms with Crippen LogP contribution in [0.5, 0.6) is 0 Å². The molecule has 1 heterocycles. The molecule has 3 heteroatoms. The van der Waals surface area contributed by atoms with E-state index >= 15 is 0 Å². The second kappa shape index (κ2) is 4.53. The summed E-state index contributed by atoms with van der Waals surface area (Å²) in [6.07, 6.45) is 2.62. The molecule has 1 fully saturated rings. The lowest BCUT2D eigenvalue weighted by atomic mass is 9.92. The molecular formula is C14H16ClNO. The van der Waals surface area contributed by atoms with Gasteiger partial charge in [0.25, 0.3) is 0 Å². The molecule has 2 nitrogen and oxygen atoms in total. The highest BCUT2D eigenvalue weighted by Gasteiger charge is 2.26. The van der Waals surface area contributed by atoms with Gasteiger partial charge < -0.3 is 5.32 Å². The molecule has 90 valence electrons. The maximum atomic E-state index is 12.0. The van der Waals surface area contributed by atoms with Crippen LogP contribution in [-0.2, 0) is 0 Å². The van der Waals surface area contributed by atoms with E-state index in [2.05, 4.69) is 19.2 Å². The Morgan fingerprint density at radius 3 is 2.53 bits per heavy atom. The molecule has 0 aliphatic carbocycles. The number of ketones is 1. The number of hydrogen-bond donors (Lipinski definition) is 1. The van der Waals surface area contributed by atoms with Gasteiger partial charge in [-0.25, -0.2) is 0 Å². The first-order valence-corrected chi connectivity index (χ1v) is 6.08. The topological polar surface area (TPSA) is 29.1 Å². The molecule has 1 aromatic rings. The van der Waals surface area contributed by atoms with Crippen molar-refractivity contribution >= 4 is 17.4 Å². The number of allylic oxidation sites excluding steroid dienone is 2. The van der Waals surface area contributed by atoms with Crippen molar-refractivity contribution in [1.29, 1.82) is 0 Å². The summed E-state index contributed by atoms with van der Waals surface area (Å²) in [5.41, 5.74) is 1.94. The fourth-order valence-electron chi connectivity index (χ4n) is 1.95. The van der Waals surface area contributed by atoms with Gasteiger partial charge >= 0.3 is 0 Å². The van der Waals surface area contributed by atoms with Crippen LogP contribution in [0.2, 0.25) is 5.02 Å². The Hall–Kier alpha value is -1.28. The first-order valence-electron chi connectivity index (χ1n) is 5.71.